The lowest BCUT2D eigenvalue weighted by atomic mass is 10.1. The molecule has 1 atom stereocenters. The Morgan fingerprint density at radius 2 is 2.00 bits per heavy atom. The third-order valence-corrected chi connectivity index (χ3v) is 3.32. The van der Waals surface area contributed by atoms with E-state index in [1.54, 1.807) is 0 Å². The molecule has 0 aliphatic heterocycles. The van der Waals surface area contributed by atoms with Crippen LogP contribution in [0.4, 0.5) is 5.69 Å². The number of Topliss-reactive ketones (excluding diaryl/α,β-unsaturated/α-hetero) is 1. The molecule has 94 valence electrons. The fraction of sp³-hybridized carbons (Fsp3) is 0.312. The van der Waals surface area contributed by atoms with Crippen LogP contribution < -0.4 is 4.90 Å². The van der Waals surface area contributed by atoms with Crippen LogP contribution in [0.3, 0.4) is 0 Å². The Morgan fingerprint density at radius 3 is 2.67 bits per heavy atom. The number of carbonyl (C=O) groups excluding carboxylic acids is 1. The largest absolute Gasteiger partial charge is 0.351 e. The Hall–Kier alpha value is -1.83. The van der Waals surface area contributed by atoms with Crippen LogP contribution in [-0.4, -0.2) is 12.8 Å². The highest BCUT2D eigenvalue weighted by Crippen LogP contribution is 2.28. The first kappa shape index (κ1) is 12.6. The van der Waals surface area contributed by atoms with Gasteiger partial charge in [-0.05, 0) is 31.9 Å². The van der Waals surface area contributed by atoms with Crippen LogP contribution in [0, 0.1) is 5.92 Å². The van der Waals surface area contributed by atoms with Crippen molar-refractivity contribution in [1.29, 1.82) is 0 Å². The van der Waals surface area contributed by atoms with Gasteiger partial charge in [0.2, 0.25) is 0 Å². The van der Waals surface area contributed by atoms with Crippen molar-refractivity contribution in [1.82, 2.24) is 0 Å². The van der Waals surface area contributed by atoms with Crippen LogP contribution in [0.15, 0.2) is 54.3 Å². The van der Waals surface area contributed by atoms with Crippen LogP contribution in [-0.2, 0) is 4.79 Å². The summed E-state index contributed by atoms with van der Waals surface area (Å²) < 4.78 is 0. The first-order valence-corrected chi connectivity index (χ1v) is 6.38. The lowest BCUT2D eigenvalue weighted by Crippen LogP contribution is -2.12. The zero-order chi connectivity index (χ0) is 13.0. The van der Waals surface area contributed by atoms with Crippen molar-refractivity contribution < 1.29 is 4.79 Å². The number of para-hydroxylation sites is 1. The van der Waals surface area contributed by atoms with Crippen molar-refractivity contribution in [2.45, 2.75) is 19.8 Å². The summed E-state index contributed by atoms with van der Waals surface area (Å²) in [5.41, 5.74) is 2.04. The smallest absolute Gasteiger partial charge is 0.167 e. The average molecular weight is 241 g/mol. The van der Waals surface area contributed by atoms with Gasteiger partial charge in [0.1, 0.15) is 0 Å². The molecule has 0 bridgehead atoms. The summed E-state index contributed by atoms with van der Waals surface area (Å²) in [7, 11) is 1.98. The predicted octanol–water partition coefficient (Wildman–Crippen LogP) is 3.56. The van der Waals surface area contributed by atoms with Crippen molar-refractivity contribution in [2.75, 3.05) is 11.9 Å². The molecular formula is C16H19NO. The van der Waals surface area contributed by atoms with E-state index in [2.05, 4.69) is 0 Å². The lowest BCUT2D eigenvalue weighted by molar-refractivity contribution is -0.116. The number of benzene rings is 1. The number of hydrogen-bond donors (Lipinski definition) is 0. The van der Waals surface area contributed by atoms with E-state index in [1.807, 2.05) is 67.6 Å². The van der Waals surface area contributed by atoms with Gasteiger partial charge < -0.3 is 4.90 Å². The van der Waals surface area contributed by atoms with Gasteiger partial charge in [-0.25, -0.2) is 0 Å². The highest BCUT2D eigenvalue weighted by atomic mass is 16.1. The second-order valence-corrected chi connectivity index (χ2v) is 4.64. The van der Waals surface area contributed by atoms with Gasteiger partial charge in [0.25, 0.3) is 0 Å². The normalized spacial score (nSPS) is 22.0. The van der Waals surface area contributed by atoms with Gasteiger partial charge in [-0.3, -0.25) is 4.79 Å². The summed E-state index contributed by atoms with van der Waals surface area (Å²) in [4.78, 5) is 14.1. The van der Waals surface area contributed by atoms with Crippen LogP contribution in [0.25, 0.3) is 0 Å². The molecule has 0 N–H and O–H groups in total. The zero-order valence-electron chi connectivity index (χ0n) is 11.0. The van der Waals surface area contributed by atoms with Gasteiger partial charge in [-0.15, -0.1) is 0 Å². The van der Waals surface area contributed by atoms with Crippen LogP contribution in [0.1, 0.15) is 19.8 Å². The topological polar surface area (TPSA) is 20.3 Å². The Labute approximate surface area is 109 Å². The Balaban J connectivity index is 2.13. The number of anilines is 1. The molecular weight excluding hydrogens is 222 g/mol. The van der Waals surface area contributed by atoms with Crippen molar-refractivity contribution in [2.24, 2.45) is 5.92 Å². The maximum Gasteiger partial charge on any atom is 0.167 e. The first-order valence-electron chi connectivity index (χ1n) is 6.38. The third-order valence-electron chi connectivity index (χ3n) is 3.32. The van der Waals surface area contributed by atoms with Crippen LogP contribution >= 0.6 is 0 Å². The standard InChI is InChI=1S/C16H19NO/c1-3-7-13-10-11-14(16(13)18)12-17(2)15-8-5-4-6-9-15/h3-9,12-13H,10-11H2,1-2H3. The summed E-state index contributed by atoms with van der Waals surface area (Å²) in [5, 5.41) is 0. The summed E-state index contributed by atoms with van der Waals surface area (Å²) in [6.07, 6.45) is 7.77. The maximum atomic E-state index is 12.1. The molecule has 1 aromatic rings. The van der Waals surface area contributed by atoms with Gasteiger partial charge >= 0.3 is 0 Å². The number of carbonyl (C=O) groups is 1. The molecule has 1 saturated carbocycles. The first-order chi connectivity index (χ1) is 8.72. The van der Waals surface area contributed by atoms with E-state index in [0.717, 1.165) is 24.1 Å². The monoisotopic (exact) mass is 241 g/mol. The Bertz CT molecular complexity index is 473. The minimum atomic E-state index is 0.0884. The summed E-state index contributed by atoms with van der Waals surface area (Å²) in [6, 6.07) is 10.1. The highest BCUT2D eigenvalue weighted by Gasteiger charge is 2.27. The van der Waals surface area contributed by atoms with Gasteiger partial charge in [-0.2, -0.15) is 0 Å². The van der Waals surface area contributed by atoms with Crippen LogP contribution in [0.5, 0.6) is 0 Å². The summed E-state index contributed by atoms with van der Waals surface area (Å²) >= 11 is 0. The number of rotatable bonds is 3. The van der Waals surface area contributed by atoms with Crippen LogP contribution in [0.2, 0.25) is 0 Å². The van der Waals surface area contributed by atoms with Gasteiger partial charge in [0.15, 0.2) is 5.78 Å². The van der Waals surface area contributed by atoms with Crippen molar-refractivity contribution in [3.63, 3.8) is 0 Å². The predicted molar refractivity (Wildman–Crippen MR) is 75.5 cm³/mol. The molecule has 1 aliphatic carbocycles. The molecule has 2 heteroatoms. The fourth-order valence-corrected chi connectivity index (χ4v) is 2.32. The van der Waals surface area contributed by atoms with E-state index in [1.165, 1.54) is 0 Å². The average Bonchev–Trinajstić information content (AvgIpc) is 2.73. The molecule has 1 fully saturated rings. The molecule has 0 saturated heterocycles. The van der Waals surface area contributed by atoms with Crippen molar-refractivity contribution in [3.8, 4) is 0 Å². The number of nitrogens with zero attached hydrogens (tertiary/aromatic N) is 1. The van der Waals surface area contributed by atoms with Gasteiger partial charge in [0.05, 0.1) is 0 Å². The van der Waals surface area contributed by atoms with E-state index in [-0.39, 0.29) is 11.7 Å². The molecule has 1 aliphatic rings. The van der Waals surface area contributed by atoms with Crippen molar-refractivity contribution >= 4 is 11.5 Å². The van der Waals surface area contributed by atoms with E-state index >= 15 is 0 Å². The van der Waals surface area contributed by atoms with Gasteiger partial charge in [-0.1, -0.05) is 30.4 Å². The molecule has 0 spiro atoms. The minimum Gasteiger partial charge on any atom is -0.351 e. The lowest BCUT2D eigenvalue weighted by Gasteiger charge is -2.15. The number of hydrogen-bond acceptors (Lipinski definition) is 2. The fourth-order valence-electron chi connectivity index (χ4n) is 2.32. The highest BCUT2D eigenvalue weighted by molar-refractivity contribution is 6.00. The molecule has 1 aromatic carbocycles. The summed E-state index contributed by atoms with van der Waals surface area (Å²) in [5.74, 6) is 0.362. The number of ketones is 1. The zero-order valence-corrected chi connectivity index (χ0v) is 11.0. The molecule has 18 heavy (non-hydrogen) atoms. The van der Waals surface area contributed by atoms with E-state index < -0.39 is 0 Å². The van der Waals surface area contributed by atoms with E-state index in [4.69, 9.17) is 0 Å². The second kappa shape index (κ2) is 5.67. The van der Waals surface area contributed by atoms with E-state index in [9.17, 15) is 4.79 Å². The Morgan fingerprint density at radius 1 is 1.28 bits per heavy atom. The molecule has 0 aromatic heterocycles. The Kier molecular flexibility index (Phi) is 3.98. The molecule has 2 rings (SSSR count). The number of allylic oxidation sites excluding steroid dienone is 3. The van der Waals surface area contributed by atoms with Crippen molar-refractivity contribution in [3.05, 3.63) is 54.3 Å². The SMILES string of the molecule is CC=CC1CCC(=CN(C)c2ccccc2)C1=O. The molecule has 1 unspecified atom stereocenters. The quantitative estimate of drug-likeness (QED) is 0.595. The summed E-state index contributed by atoms with van der Waals surface area (Å²) in [6.45, 7) is 1.96. The molecule has 0 amide bonds. The minimum absolute atomic E-state index is 0.0884. The maximum absolute atomic E-state index is 12.1. The molecule has 2 nitrogen and oxygen atoms in total. The molecule has 0 radical (unpaired) electrons. The molecule has 0 heterocycles. The van der Waals surface area contributed by atoms with E-state index in [0.29, 0.717) is 0 Å². The third kappa shape index (κ3) is 2.70. The van der Waals surface area contributed by atoms with Gasteiger partial charge in [0, 0.05) is 30.4 Å². The second-order valence-electron chi connectivity index (χ2n) is 4.64.